The van der Waals surface area contributed by atoms with Crippen LogP contribution in [0.25, 0.3) is 0 Å². The average Bonchev–Trinajstić information content (AvgIpc) is 2.52. The fourth-order valence-electron chi connectivity index (χ4n) is 2.59. The second-order valence-corrected chi connectivity index (χ2v) is 5.83. The maximum Gasteiger partial charge on any atom is 0.118 e. The normalized spacial score (nSPS) is 15.2. The van der Waals surface area contributed by atoms with E-state index in [1.807, 2.05) is 26.1 Å². The van der Waals surface area contributed by atoms with Gasteiger partial charge in [-0.15, -0.1) is 0 Å². The number of amidine groups is 1. The van der Waals surface area contributed by atoms with Crippen molar-refractivity contribution in [2.75, 3.05) is 18.9 Å². The van der Waals surface area contributed by atoms with Crippen molar-refractivity contribution in [1.29, 1.82) is 0 Å². The minimum absolute atomic E-state index is 0.510. The number of nitrogens with two attached hydrogens (primary N) is 1. The Morgan fingerprint density at radius 2 is 2.17 bits per heavy atom. The first-order chi connectivity index (χ1) is 10.9. The molecule has 2 heterocycles. The quantitative estimate of drug-likeness (QED) is 0.498. The Labute approximate surface area is 138 Å². The highest BCUT2D eigenvalue weighted by atomic mass is 15.1. The molecule has 5 nitrogen and oxygen atoms in total. The smallest absolute Gasteiger partial charge is 0.118 e. The SMILES string of the molecule is C=C(C)Nc1cnc2c(c1)CN(C(=C)/C(C)=C\C(N)=NC)CC2. The minimum Gasteiger partial charge on any atom is -0.384 e. The minimum atomic E-state index is 0.510. The maximum absolute atomic E-state index is 5.77. The first-order valence-electron chi connectivity index (χ1n) is 7.65. The number of fused-ring (bicyclic) bond motifs is 1. The zero-order chi connectivity index (χ0) is 17.0. The molecule has 122 valence electrons. The van der Waals surface area contributed by atoms with Crippen LogP contribution in [0, 0.1) is 0 Å². The van der Waals surface area contributed by atoms with Crippen LogP contribution in [0.5, 0.6) is 0 Å². The van der Waals surface area contributed by atoms with Gasteiger partial charge in [0.25, 0.3) is 0 Å². The number of aliphatic imine (C=N–C) groups is 1. The van der Waals surface area contributed by atoms with Gasteiger partial charge in [-0.05, 0) is 37.1 Å². The molecule has 23 heavy (non-hydrogen) atoms. The summed E-state index contributed by atoms with van der Waals surface area (Å²) in [6.07, 6.45) is 4.63. The Morgan fingerprint density at radius 3 is 2.83 bits per heavy atom. The Hall–Kier alpha value is -2.56. The summed E-state index contributed by atoms with van der Waals surface area (Å²) < 4.78 is 0. The third-order valence-electron chi connectivity index (χ3n) is 3.86. The molecule has 0 fully saturated rings. The van der Waals surface area contributed by atoms with Crippen molar-refractivity contribution in [1.82, 2.24) is 9.88 Å². The van der Waals surface area contributed by atoms with Crippen LogP contribution in [-0.4, -0.2) is 29.3 Å². The molecular weight excluding hydrogens is 286 g/mol. The van der Waals surface area contributed by atoms with Gasteiger partial charge in [-0.2, -0.15) is 0 Å². The van der Waals surface area contributed by atoms with E-state index in [1.54, 1.807) is 7.05 Å². The molecule has 0 saturated heterocycles. The number of rotatable bonds is 5. The number of allylic oxidation sites excluding steroid dienone is 2. The van der Waals surface area contributed by atoms with Crippen LogP contribution >= 0.6 is 0 Å². The number of aromatic nitrogens is 1. The van der Waals surface area contributed by atoms with Crippen molar-refractivity contribution in [3.8, 4) is 0 Å². The summed E-state index contributed by atoms with van der Waals surface area (Å²) in [6.45, 7) is 13.7. The molecule has 0 amide bonds. The lowest BCUT2D eigenvalue weighted by molar-refractivity contribution is 0.326. The molecular formula is C18H25N5. The van der Waals surface area contributed by atoms with Gasteiger partial charge < -0.3 is 16.0 Å². The van der Waals surface area contributed by atoms with E-state index < -0.39 is 0 Å². The van der Waals surface area contributed by atoms with Gasteiger partial charge >= 0.3 is 0 Å². The Kier molecular flexibility index (Phi) is 5.21. The molecule has 1 aromatic rings. The van der Waals surface area contributed by atoms with E-state index in [0.29, 0.717) is 5.84 Å². The van der Waals surface area contributed by atoms with Crippen molar-refractivity contribution in [3.63, 3.8) is 0 Å². The summed E-state index contributed by atoms with van der Waals surface area (Å²) in [7, 11) is 1.68. The van der Waals surface area contributed by atoms with Gasteiger partial charge in [-0.1, -0.05) is 13.2 Å². The number of nitrogens with zero attached hydrogens (tertiary/aromatic N) is 3. The molecule has 3 N–H and O–H groups in total. The first-order valence-corrected chi connectivity index (χ1v) is 7.65. The maximum atomic E-state index is 5.77. The predicted octanol–water partition coefficient (Wildman–Crippen LogP) is 2.83. The van der Waals surface area contributed by atoms with Crippen LogP contribution in [0.2, 0.25) is 0 Å². The van der Waals surface area contributed by atoms with Gasteiger partial charge in [0.15, 0.2) is 0 Å². The summed E-state index contributed by atoms with van der Waals surface area (Å²) in [5.41, 5.74) is 12.0. The third kappa shape index (κ3) is 4.22. The molecule has 0 aliphatic carbocycles. The summed E-state index contributed by atoms with van der Waals surface area (Å²) in [4.78, 5) is 10.8. The summed E-state index contributed by atoms with van der Waals surface area (Å²) in [6, 6.07) is 2.14. The monoisotopic (exact) mass is 311 g/mol. The van der Waals surface area contributed by atoms with Gasteiger partial charge in [0, 0.05) is 43.6 Å². The fraction of sp³-hybridized carbons (Fsp3) is 0.333. The molecule has 5 heteroatoms. The second-order valence-electron chi connectivity index (χ2n) is 5.83. The molecule has 0 spiro atoms. The van der Waals surface area contributed by atoms with E-state index in [1.165, 1.54) is 5.56 Å². The molecule has 1 aromatic heterocycles. The van der Waals surface area contributed by atoms with E-state index in [9.17, 15) is 0 Å². The number of pyridine rings is 1. The molecule has 0 unspecified atom stereocenters. The van der Waals surface area contributed by atoms with Crippen molar-refractivity contribution in [2.45, 2.75) is 26.8 Å². The zero-order valence-electron chi connectivity index (χ0n) is 14.2. The Morgan fingerprint density at radius 1 is 1.43 bits per heavy atom. The van der Waals surface area contributed by atoms with E-state index in [-0.39, 0.29) is 0 Å². The van der Waals surface area contributed by atoms with Crippen molar-refractivity contribution >= 4 is 11.5 Å². The second kappa shape index (κ2) is 7.13. The van der Waals surface area contributed by atoms with Gasteiger partial charge in [-0.25, -0.2) is 0 Å². The fourth-order valence-corrected chi connectivity index (χ4v) is 2.59. The van der Waals surface area contributed by atoms with Crippen LogP contribution < -0.4 is 11.1 Å². The lowest BCUT2D eigenvalue weighted by Gasteiger charge is -2.32. The highest BCUT2D eigenvalue weighted by Gasteiger charge is 2.19. The molecule has 0 saturated carbocycles. The highest BCUT2D eigenvalue weighted by molar-refractivity contribution is 5.92. The van der Waals surface area contributed by atoms with E-state index in [4.69, 9.17) is 5.73 Å². The Balaban J connectivity index is 2.17. The molecule has 2 rings (SSSR count). The third-order valence-corrected chi connectivity index (χ3v) is 3.86. The van der Waals surface area contributed by atoms with E-state index in [2.05, 4.69) is 39.4 Å². The molecule has 1 aliphatic rings. The van der Waals surface area contributed by atoms with Gasteiger partial charge in [-0.3, -0.25) is 9.98 Å². The van der Waals surface area contributed by atoms with Crippen molar-refractivity contribution in [3.05, 3.63) is 59.7 Å². The van der Waals surface area contributed by atoms with E-state index >= 15 is 0 Å². The molecule has 0 aromatic carbocycles. The lowest BCUT2D eigenvalue weighted by atomic mass is 10.0. The lowest BCUT2D eigenvalue weighted by Crippen LogP contribution is -2.31. The molecule has 0 radical (unpaired) electrons. The first kappa shape index (κ1) is 16.8. The molecule has 1 aliphatic heterocycles. The van der Waals surface area contributed by atoms with Crippen LogP contribution in [-0.2, 0) is 13.0 Å². The number of anilines is 1. The predicted molar refractivity (Wildman–Crippen MR) is 97.2 cm³/mol. The highest BCUT2D eigenvalue weighted by Crippen LogP contribution is 2.25. The van der Waals surface area contributed by atoms with Crippen LogP contribution in [0.3, 0.4) is 0 Å². The van der Waals surface area contributed by atoms with Gasteiger partial charge in [0.05, 0.1) is 11.9 Å². The van der Waals surface area contributed by atoms with Crippen LogP contribution in [0.15, 0.2) is 53.5 Å². The van der Waals surface area contributed by atoms with Crippen LogP contribution in [0.1, 0.15) is 25.1 Å². The zero-order valence-corrected chi connectivity index (χ0v) is 14.2. The molecule has 0 atom stereocenters. The topological polar surface area (TPSA) is 66.5 Å². The number of hydrogen-bond acceptors (Lipinski definition) is 4. The van der Waals surface area contributed by atoms with E-state index in [0.717, 1.165) is 47.9 Å². The Bertz CT molecular complexity index is 685. The largest absolute Gasteiger partial charge is 0.384 e. The summed E-state index contributed by atoms with van der Waals surface area (Å²) in [5.74, 6) is 0.510. The number of nitrogens with one attached hydrogen (secondary N) is 1. The van der Waals surface area contributed by atoms with Crippen molar-refractivity contribution < 1.29 is 0 Å². The molecule has 0 bridgehead atoms. The van der Waals surface area contributed by atoms with Crippen LogP contribution in [0.4, 0.5) is 5.69 Å². The van der Waals surface area contributed by atoms with Gasteiger partial charge in [0.1, 0.15) is 5.84 Å². The van der Waals surface area contributed by atoms with Gasteiger partial charge in [0.2, 0.25) is 0 Å². The standard InChI is InChI=1S/C18H25N5/c1-12(2)22-16-9-15-11-23(7-6-17(15)21-10-16)14(4)13(3)8-18(19)20-5/h8-10,22H,1,4,6-7,11H2,2-3,5H3,(H2,19,20)/b13-8-. The summed E-state index contributed by atoms with van der Waals surface area (Å²) in [5, 5.41) is 3.21. The summed E-state index contributed by atoms with van der Waals surface area (Å²) >= 11 is 0. The van der Waals surface area contributed by atoms with Crippen molar-refractivity contribution in [2.24, 2.45) is 10.7 Å². The number of hydrogen-bond donors (Lipinski definition) is 2. The average molecular weight is 311 g/mol.